The summed E-state index contributed by atoms with van der Waals surface area (Å²) in [7, 11) is 0. The van der Waals surface area contributed by atoms with Crippen LogP contribution in [0.15, 0.2) is 78.9 Å². The van der Waals surface area contributed by atoms with E-state index in [4.69, 9.17) is 0 Å². The second-order valence-corrected chi connectivity index (χ2v) is 4.41. The molecule has 1 radical (unpaired) electrons. The topological polar surface area (TPSA) is 19.9 Å². The highest BCUT2D eigenvalue weighted by Crippen LogP contribution is 2.38. The fourth-order valence-corrected chi connectivity index (χ4v) is 2.23. The first-order chi connectivity index (χ1) is 9.36. The first-order valence-corrected chi connectivity index (χ1v) is 6.27. The van der Waals surface area contributed by atoms with E-state index in [1.54, 1.807) is 0 Å². The van der Waals surface area contributed by atoms with Gasteiger partial charge in [0.15, 0.2) is 5.75 Å². The van der Waals surface area contributed by atoms with Crippen molar-refractivity contribution in [1.82, 2.24) is 0 Å². The summed E-state index contributed by atoms with van der Waals surface area (Å²) in [4.78, 5) is 0. The monoisotopic (exact) mass is 245 g/mol. The molecular weight excluding hydrogens is 232 g/mol. The minimum atomic E-state index is 0.0832. The highest BCUT2D eigenvalue weighted by molar-refractivity contribution is 5.81. The predicted molar refractivity (Wildman–Crippen MR) is 77.4 cm³/mol. The molecule has 0 aliphatic carbocycles. The van der Waals surface area contributed by atoms with Crippen LogP contribution in [0.1, 0.15) is 0 Å². The third-order valence-electron chi connectivity index (χ3n) is 3.18. The van der Waals surface area contributed by atoms with Crippen LogP contribution in [0.25, 0.3) is 22.3 Å². The normalized spacial score (nSPS) is 10.3. The van der Waals surface area contributed by atoms with E-state index in [2.05, 4.69) is 0 Å². The van der Waals surface area contributed by atoms with Gasteiger partial charge in [-0.1, -0.05) is 78.9 Å². The molecule has 3 aromatic rings. The Hall–Kier alpha value is -2.54. The van der Waals surface area contributed by atoms with Crippen LogP contribution in [0.2, 0.25) is 0 Å². The molecule has 0 amide bonds. The van der Waals surface area contributed by atoms with Gasteiger partial charge >= 0.3 is 0 Å². The summed E-state index contributed by atoms with van der Waals surface area (Å²) in [5.41, 5.74) is 3.43. The number of rotatable bonds is 2. The van der Waals surface area contributed by atoms with Crippen molar-refractivity contribution in [2.45, 2.75) is 0 Å². The molecule has 1 nitrogen and oxygen atoms in total. The van der Waals surface area contributed by atoms with Gasteiger partial charge in [0, 0.05) is 11.1 Å². The Balaban J connectivity index is 2.15. The molecule has 19 heavy (non-hydrogen) atoms. The summed E-state index contributed by atoms with van der Waals surface area (Å²) < 4.78 is 0. The summed E-state index contributed by atoms with van der Waals surface area (Å²) in [6.45, 7) is 0. The number of hydrogen-bond acceptors (Lipinski definition) is 0. The van der Waals surface area contributed by atoms with Crippen molar-refractivity contribution >= 4 is 0 Å². The number of benzene rings is 3. The van der Waals surface area contributed by atoms with Crippen LogP contribution in [0.4, 0.5) is 0 Å². The van der Waals surface area contributed by atoms with E-state index in [-0.39, 0.29) is 5.75 Å². The number of hydrogen-bond donors (Lipinski definition) is 0. The van der Waals surface area contributed by atoms with E-state index in [1.165, 1.54) is 0 Å². The van der Waals surface area contributed by atoms with Gasteiger partial charge in [-0.3, -0.25) is 5.11 Å². The molecule has 0 atom stereocenters. The molecule has 0 fully saturated rings. The van der Waals surface area contributed by atoms with Crippen LogP contribution in [0.3, 0.4) is 0 Å². The lowest BCUT2D eigenvalue weighted by molar-refractivity contribution is 0.358. The first-order valence-electron chi connectivity index (χ1n) is 6.27. The molecule has 91 valence electrons. The van der Waals surface area contributed by atoms with Crippen molar-refractivity contribution in [3.05, 3.63) is 78.9 Å². The molecule has 0 spiro atoms. The Labute approximate surface area is 112 Å². The minimum absolute atomic E-state index is 0.0832. The highest BCUT2D eigenvalue weighted by Gasteiger charge is 2.11. The van der Waals surface area contributed by atoms with E-state index < -0.39 is 0 Å². The Morgan fingerprint density at radius 2 is 0.895 bits per heavy atom. The summed E-state index contributed by atoms with van der Waals surface area (Å²) in [6, 6.07) is 25.3. The molecule has 3 aromatic carbocycles. The fourth-order valence-electron chi connectivity index (χ4n) is 2.23. The van der Waals surface area contributed by atoms with Gasteiger partial charge in [-0.15, -0.1) is 0 Å². The maximum atomic E-state index is 12.6. The van der Waals surface area contributed by atoms with E-state index in [1.807, 2.05) is 78.9 Å². The molecule has 1 heteroatoms. The Bertz CT molecular complexity index is 615. The lowest BCUT2D eigenvalue weighted by Crippen LogP contribution is -1.82. The molecule has 0 unspecified atom stereocenters. The Morgan fingerprint density at radius 3 is 1.32 bits per heavy atom. The van der Waals surface area contributed by atoms with Crippen LogP contribution in [0, 0.1) is 0 Å². The number of para-hydroxylation sites is 1. The van der Waals surface area contributed by atoms with Crippen LogP contribution in [-0.2, 0) is 5.11 Å². The second kappa shape index (κ2) is 4.99. The Kier molecular flexibility index (Phi) is 3.03. The van der Waals surface area contributed by atoms with Gasteiger partial charge < -0.3 is 0 Å². The molecule has 0 aliphatic rings. The van der Waals surface area contributed by atoms with Crippen molar-refractivity contribution in [2.75, 3.05) is 0 Å². The van der Waals surface area contributed by atoms with Gasteiger partial charge in [-0.05, 0) is 11.1 Å². The van der Waals surface area contributed by atoms with Crippen molar-refractivity contribution in [1.29, 1.82) is 0 Å². The lowest BCUT2D eigenvalue weighted by Gasteiger charge is -2.08. The molecular formula is C18H13O. The largest absolute Gasteiger partial charge is 0.289 e. The maximum Gasteiger partial charge on any atom is 0.194 e. The van der Waals surface area contributed by atoms with Crippen molar-refractivity contribution < 1.29 is 5.11 Å². The average molecular weight is 245 g/mol. The zero-order chi connectivity index (χ0) is 13.1. The maximum absolute atomic E-state index is 12.6. The molecule has 0 N–H and O–H groups in total. The van der Waals surface area contributed by atoms with E-state index in [0.29, 0.717) is 0 Å². The summed E-state index contributed by atoms with van der Waals surface area (Å²) in [6.07, 6.45) is 0. The molecule has 0 aromatic heterocycles. The lowest BCUT2D eigenvalue weighted by atomic mass is 9.97. The van der Waals surface area contributed by atoms with Gasteiger partial charge in [-0.2, -0.15) is 0 Å². The van der Waals surface area contributed by atoms with Gasteiger partial charge in [0.2, 0.25) is 0 Å². The quantitative estimate of drug-likeness (QED) is 0.594. The highest BCUT2D eigenvalue weighted by atomic mass is 16.3. The van der Waals surface area contributed by atoms with Crippen LogP contribution < -0.4 is 0 Å². The van der Waals surface area contributed by atoms with Crippen molar-refractivity contribution in [2.24, 2.45) is 0 Å². The van der Waals surface area contributed by atoms with Crippen molar-refractivity contribution in [3.8, 4) is 28.0 Å². The van der Waals surface area contributed by atoms with E-state index in [0.717, 1.165) is 22.3 Å². The second-order valence-electron chi connectivity index (χ2n) is 4.41. The van der Waals surface area contributed by atoms with Gasteiger partial charge in [-0.25, -0.2) is 0 Å². The van der Waals surface area contributed by atoms with E-state index >= 15 is 0 Å². The molecule has 0 saturated heterocycles. The third-order valence-corrected chi connectivity index (χ3v) is 3.18. The molecule has 0 bridgehead atoms. The van der Waals surface area contributed by atoms with Gasteiger partial charge in [0.1, 0.15) is 0 Å². The van der Waals surface area contributed by atoms with Gasteiger partial charge in [0.05, 0.1) is 0 Å². The average Bonchev–Trinajstić information content (AvgIpc) is 2.49. The standard InChI is InChI=1S/C18H13O/c19-18-16(14-8-3-1-4-9-14)12-7-13-17(18)15-10-5-2-6-11-15/h1-13H. The summed E-state index contributed by atoms with van der Waals surface area (Å²) in [5, 5.41) is 12.6. The van der Waals surface area contributed by atoms with Crippen molar-refractivity contribution in [3.63, 3.8) is 0 Å². The zero-order valence-electron chi connectivity index (χ0n) is 10.4. The third kappa shape index (κ3) is 2.23. The first kappa shape index (κ1) is 11.5. The molecule has 0 heterocycles. The van der Waals surface area contributed by atoms with Gasteiger partial charge in [0.25, 0.3) is 0 Å². The minimum Gasteiger partial charge on any atom is -0.289 e. The van der Waals surface area contributed by atoms with Crippen LogP contribution >= 0.6 is 0 Å². The van der Waals surface area contributed by atoms with Crippen LogP contribution in [-0.4, -0.2) is 0 Å². The predicted octanol–water partition coefficient (Wildman–Crippen LogP) is 5.16. The smallest absolute Gasteiger partial charge is 0.194 e. The Morgan fingerprint density at radius 1 is 0.474 bits per heavy atom. The fraction of sp³-hybridized carbons (Fsp3) is 0. The summed E-state index contributed by atoms with van der Waals surface area (Å²) in [5.74, 6) is 0.0832. The summed E-state index contributed by atoms with van der Waals surface area (Å²) >= 11 is 0. The molecule has 3 rings (SSSR count). The molecule has 0 aliphatic heterocycles. The zero-order valence-corrected chi connectivity index (χ0v) is 10.4. The van der Waals surface area contributed by atoms with E-state index in [9.17, 15) is 5.11 Å². The SMILES string of the molecule is [O]c1c(-c2ccccc2)cccc1-c1ccccc1. The van der Waals surface area contributed by atoms with Crippen LogP contribution in [0.5, 0.6) is 5.75 Å². The molecule has 0 saturated carbocycles.